The molecule has 0 bridgehead atoms. The van der Waals surface area contributed by atoms with Crippen molar-refractivity contribution in [1.29, 1.82) is 0 Å². The van der Waals surface area contributed by atoms with E-state index < -0.39 is 6.10 Å². The second kappa shape index (κ2) is 6.71. The average Bonchev–Trinajstić information content (AvgIpc) is 2.26. The molecule has 0 heterocycles. The van der Waals surface area contributed by atoms with Crippen molar-refractivity contribution in [3.05, 3.63) is 39.9 Å². The first kappa shape index (κ1) is 14.9. The largest absolute Gasteiger partial charge is 0.392 e. The highest BCUT2D eigenvalue weighted by molar-refractivity contribution is 9.10. The first-order chi connectivity index (χ1) is 8.40. The highest BCUT2D eigenvalue weighted by Gasteiger charge is 2.07. The van der Waals surface area contributed by atoms with Gasteiger partial charge in [0.15, 0.2) is 0 Å². The summed E-state index contributed by atoms with van der Waals surface area (Å²) >= 11 is 3.46. The lowest BCUT2D eigenvalue weighted by Crippen LogP contribution is -2.31. The number of halogens is 1. The molecule has 0 aliphatic carbocycles. The predicted molar refractivity (Wildman–Crippen MR) is 77.2 cm³/mol. The maximum atomic E-state index is 11.7. The van der Waals surface area contributed by atoms with Gasteiger partial charge in [-0.3, -0.25) is 4.79 Å². The van der Waals surface area contributed by atoms with Crippen molar-refractivity contribution < 1.29 is 9.90 Å². The molecule has 0 aromatic heterocycles. The molecule has 18 heavy (non-hydrogen) atoms. The number of rotatable bonds is 4. The van der Waals surface area contributed by atoms with E-state index in [2.05, 4.69) is 15.9 Å². The Labute approximate surface area is 116 Å². The highest BCUT2D eigenvalue weighted by atomic mass is 79.9. The van der Waals surface area contributed by atoms with Crippen molar-refractivity contribution in [3.8, 4) is 0 Å². The van der Waals surface area contributed by atoms with E-state index in [1.54, 1.807) is 20.0 Å². The van der Waals surface area contributed by atoms with Crippen molar-refractivity contribution in [2.24, 2.45) is 0 Å². The van der Waals surface area contributed by atoms with Crippen molar-refractivity contribution in [2.45, 2.75) is 20.0 Å². The topological polar surface area (TPSA) is 40.5 Å². The average molecular weight is 312 g/mol. The van der Waals surface area contributed by atoms with Crippen LogP contribution in [0.1, 0.15) is 18.1 Å². The minimum Gasteiger partial charge on any atom is -0.392 e. The number of aliphatic hydroxyl groups excluding tert-OH is 1. The fraction of sp³-hybridized carbons (Fsp3) is 0.357. The van der Waals surface area contributed by atoms with E-state index in [-0.39, 0.29) is 5.91 Å². The van der Waals surface area contributed by atoms with Gasteiger partial charge in [0.05, 0.1) is 6.10 Å². The Bertz CT molecular complexity index is 455. The lowest BCUT2D eigenvalue weighted by Gasteiger charge is -2.16. The zero-order chi connectivity index (χ0) is 13.7. The summed E-state index contributed by atoms with van der Waals surface area (Å²) in [6, 6.07) is 5.95. The molecule has 0 radical (unpaired) electrons. The van der Waals surface area contributed by atoms with Gasteiger partial charge in [-0.2, -0.15) is 0 Å². The van der Waals surface area contributed by atoms with Gasteiger partial charge in [0.1, 0.15) is 0 Å². The number of carbonyl (C=O) groups excluding carboxylic acids is 1. The third-order valence-electron chi connectivity index (χ3n) is 2.48. The Kier molecular flexibility index (Phi) is 5.56. The molecular weight excluding hydrogens is 294 g/mol. The van der Waals surface area contributed by atoms with Gasteiger partial charge in [0, 0.05) is 24.1 Å². The normalized spacial score (nSPS) is 12.7. The quantitative estimate of drug-likeness (QED) is 0.868. The molecule has 0 aliphatic heterocycles. The molecule has 1 amide bonds. The lowest BCUT2D eigenvalue weighted by atomic mass is 10.1. The van der Waals surface area contributed by atoms with Crippen LogP contribution in [0, 0.1) is 6.92 Å². The smallest absolute Gasteiger partial charge is 0.246 e. The summed E-state index contributed by atoms with van der Waals surface area (Å²) < 4.78 is 0.963. The monoisotopic (exact) mass is 311 g/mol. The summed E-state index contributed by atoms with van der Waals surface area (Å²) in [6.45, 7) is 4.00. The molecule has 0 aliphatic rings. The van der Waals surface area contributed by atoms with Gasteiger partial charge in [-0.1, -0.05) is 28.1 Å². The van der Waals surface area contributed by atoms with Crippen LogP contribution in [0.4, 0.5) is 0 Å². The second-order valence-electron chi connectivity index (χ2n) is 4.43. The van der Waals surface area contributed by atoms with E-state index in [4.69, 9.17) is 0 Å². The first-order valence-corrected chi connectivity index (χ1v) is 6.57. The van der Waals surface area contributed by atoms with Gasteiger partial charge < -0.3 is 10.0 Å². The number of likely N-dealkylation sites (N-methyl/N-ethyl adjacent to an activating group) is 1. The van der Waals surface area contributed by atoms with Gasteiger partial charge in [0.2, 0.25) is 5.91 Å². The lowest BCUT2D eigenvalue weighted by molar-refractivity contribution is -0.125. The van der Waals surface area contributed by atoms with Gasteiger partial charge in [-0.05, 0) is 37.1 Å². The Morgan fingerprint density at radius 1 is 1.56 bits per heavy atom. The van der Waals surface area contributed by atoms with Gasteiger partial charge in [-0.25, -0.2) is 0 Å². The molecular formula is C14H18BrNO2. The molecule has 1 N–H and O–H groups in total. The van der Waals surface area contributed by atoms with Crippen LogP contribution in [0.15, 0.2) is 28.7 Å². The van der Waals surface area contributed by atoms with Gasteiger partial charge in [0.25, 0.3) is 0 Å². The van der Waals surface area contributed by atoms with E-state index >= 15 is 0 Å². The second-order valence-corrected chi connectivity index (χ2v) is 5.28. The molecule has 1 aromatic carbocycles. The number of amides is 1. The zero-order valence-corrected chi connectivity index (χ0v) is 12.4. The van der Waals surface area contributed by atoms with E-state index in [1.807, 2.05) is 25.1 Å². The molecule has 1 rings (SSSR count). The standard InChI is InChI=1S/C14H18BrNO2/c1-10-4-5-12(13(15)8-10)6-7-14(18)16(3)9-11(2)17/h4-8,11,17H,9H2,1-3H3. The number of aryl methyl sites for hydroxylation is 1. The summed E-state index contributed by atoms with van der Waals surface area (Å²) in [5, 5.41) is 9.21. The summed E-state index contributed by atoms with van der Waals surface area (Å²) in [4.78, 5) is 13.2. The van der Waals surface area contributed by atoms with Gasteiger partial charge >= 0.3 is 0 Å². The van der Waals surface area contributed by atoms with E-state index in [0.29, 0.717) is 6.54 Å². The Morgan fingerprint density at radius 3 is 2.78 bits per heavy atom. The van der Waals surface area contributed by atoms with Crippen LogP contribution in [0.25, 0.3) is 6.08 Å². The minimum atomic E-state index is -0.515. The Hall–Kier alpha value is -1.13. The molecule has 1 atom stereocenters. The van der Waals surface area contributed by atoms with E-state index in [1.165, 1.54) is 11.0 Å². The summed E-state index contributed by atoms with van der Waals surface area (Å²) in [7, 11) is 1.67. The molecule has 0 spiro atoms. The van der Waals surface area contributed by atoms with E-state index in [0.717, 1.165) is 15.6 Å². The Balaban J connectivity index is 2.71. The minimum absolute atomic E-state index is 0.122. The Morgan fingerprint density at radius 2 is 2.22 bits per heavy atom. The number of benzene rings is 1. The van der Waals surface area contributed by atoms with Crippen molar-refractivity contribution in [1.82, 2.24) is 4.90 Å². The first-order valence-electron chi connectivity index (χ1n) is 5.77. The third-order valence-corrected chi connectivity index (χ3v) is 3.16. The van der Waals surface area contributed by atoms with Crippen molar-refractivity contribution >= 4 is 27.9 Å². The van der Waals surface area contributed by atoms with Crippen LogP contribution in [-0.4, -0.2) is 35.6 Å². The number of carbonyl (C=O) groups is 1. The molecule has 4 heteroatoms. The fourth-order valence-corrected chi connectivity index (χ4v) is 2.17. The van der Waals surface area contributed by atoms with Crippen LogP contribution in [0.3, 0.4) is 0 Å². The van der Waals surface area contributed by atoms with Crippen LogP contribution >= 0.6 is 15.9 Å². The highest BCUT2D eigenvalue weighted by Crippen LogP contribution is 2.19. The maximum Gasteiger partial charge on any atom is 0.246 e. The molecule has 0 saturated carbocycles. The van der Waals surface area contributed by atoms with E-state index in [9.17, 15) is 9.90 Å². The predicted octanol–water partition coefficient (Wildman–Crippen LogP) is 2.61. The van der Waals surface area contributed by atoms with Crippen LogP contribution in [-0.2, 0) is 4.79 Å². The zero-order valence-electron chi connectivity index (χ0n) is 10.9. The molecule has 1 aromatic rings. The van der Waals surface area contributed by atoms with Crippen molar-refractivity contribution in [3.63, 3.8) is 0 Å². The van der Waals surface area contributed by atoms with Crippen LogP contribution in [0.2, 0.25) is 0 Å². The number of nitrogens with zero attached hydrogens (tertiary/aromatic N) is 1. The van der Waals surface area contributed by atoms with Gasteiger partial charge in [-0.15, -0.1) is 0 Å². The molecule has 3 nitrogen and oxygen atoms in total. The summed E-state index contributed by atoms with van der Waals surface area (Å²) in [5.74, 6) is -0.122. The molecule has 0 saturated heterocycles. The molecule has 1 unspecified atom stereocenters. The fourth-order valence-electron chi connectivity index (χ4n) is 1.54. The molecule has 0 fully saturated rings. The van der Waals surface area contributed by atoms with Crippen LogP contribution in [0.5, 0.6) is 0 Å². The van der Waals surface area contributed by atoms with Crippen LogP contribution < -0.4 is 0 Å². The third kappa shape index (κ3) is 4.63. The summed E-state index contributed by atoms with van der Waals surface area (Å²) in [6.07, 6.45) is 2.76. The van der Waals surface area contributed by atoms with Crippen molar-refractivity contribution in [2.75, 3.05) is 13.6 Å². The summed E-state index contributed by atoms with van der Waals surface area (Å²) in [5.41, 5.74) is 2.12. The molecule has 98 valence electrons. The SMILES string of the molecule is Cc1ccc(C=CC(=O)N(C)CC(C)O)c(Br)c1. The number of hydrogen-bond donors (Lipinski definition) is 1. The number of aliphatic hydroxyl groups is 1. The number of hydrogen-bond acceptors (Lipinski definition) is 2. The maximum absolute atomic E-state index is 11.7.